The lowest BCUT2D eigenvalue weighted by Gasteiger charge is -2.19. The fraction of sp³-hybridized carbons (Fsp3) is 0.514. The molecule has 1 N–H and O–H groups in total. The lowest BCUT2D eigenvalue weighted by molar-refractivity contribution is 0.0636. The van der Waals surface area contributed by atoms with Crippen molar-refractivity contribution in [2.24, 2.45) is 11.8 Å². The lowest BCUT2D eigenvalue weighted by atomic mass is 9.94. The van der Waals surface area contributed by atoms with Gasteiger partial charge in [0.2, 0.25) is 5.95 Å². The highest BCUT2D eigenvalue weighted by atomic mass is 32.1. The van der Waals surface area contributed by atoms with Gasteiger partial charge in [0.05, 0.1) is 35.4 Å². The third kappa shape index (κ3) is 7.63. The first kappa shape index (κ1) is 35.9. The molecule has 1 saturated heterocycles. The van der Waals surface area contributed by atoms with E-state index in [2.05, 4.69) is 58.9 Å². The molecular weight excluding hydrogens is 622 g/mol. The maximum Gasteiger partial charge on any atom is 0.412 e. The molecule has 1 amide bonds. The van der Waals surface area contributed by atoms with Crippen LogP contribution in [0.25, 0.3) is 32.2 Å². The van der Waals surface area contributed by atoms with E-state index in [1.54, 1.807) is 27.0 Å². The third-order valence-electron chi connectivity index (χ3n) is 7.47. The number of carbonyl (C=O) groups excluding carboxylic acids is 1. The molecule has 0 spiro atoms. The van der Waals surface area contributed by atoms with Crippen LogP contribution in [-0.2, 0) is 22.7 Å². The van der Waals surface area contributed by atoms with Crippen LogP contribution in [0.1, 0.15) is 91.8 Å². The van der Waals surface area contributed by atoms with E-state index in [0.29, 0.717) is 22.8 Å². The predicted octanol–water partition coefficient (Wildman–Crippen LogP) is 9.36. The number of amides is 1. The maximum atomic E-state index is 16.6. The van der Waals surface area contributed by atoms with E-state index < -0.39 is 23.3 Å². The van der Waals surface area contributed by atoms with Gasteiger partial charge in [0.25, 0.3) is 0 Å². The van der Waals surface area contributed by atoms with Gasteiger partial charge in [-0.05, 0) is 50.2 Å². The van der Waals surface area contributed by atoms with Crippen molar-refractivity contribution in [3.63, 3.8) is 0 Å². The number of fused-ring (bicyclic) bond motifs is 4. The van der Waals surface area contributed by atoms with Gasteiger partial charge in [0.1, 0.15) is 22.2 Å². The number of benzene rings is 1. The number of nitrogens with zero attached hydrogens (tertiary/aromatic N) is 5. The van der Waals surface area contributed by atoms with Crippen molar-refractivity contribution >= 4 is 49.4 Å². The van der Waals surface area contributed by atoms with Gasteiger partial charge in [0.15, 0.2) is 11.6 Å². The predicted molar refractivity (Wildman–Crippen MR) is 184 cm³/mol. The van der Waals surface area contributed by atoms with Gasteiger partial charge in [-0.25, -0.2) is 23.5 Å². The van der Waals surface area contributed by atoms with Crippen LogP contribution >= 0.6 is 11.3 Å². The molecule has 1 atom stereocenters. The Labute approximate surface area is 279 Å². The number of halogens is 2. The molecule has 1 fully saturated rings. The van der Waals surface area contributed by atoms with E-state index in [4.69, 9.17) is 9.47 Å². The van der Waals surface area contributed by atoms with Gasteiger partial charge >= 0.3 is 6.09 Å². The number of hydrogen-bond donors (Lipinski definition) is 1. The number of carbonyl (C=O) groups is 1. The minimum absolute atomic E-state index is 0.0314. The molecule has 0 radical (unpaired) electrons. The molecule has 4 aromatic rings. The van der Waals surface area contributed by atoms with Crippen LogP contribution in [0.15, 0.2) is 12.4 Å². The Morgan fingerprint density at radius 3 is 2.49 bits per heavy atom. The van der Waals surface area contributed by atoms with E-state index in [-0.39, 0.29) is 50.6 Å². The molecule has 0 aliphatic carbocycles. The van der Waals surface area contributed by atoms with E-state index >= 15 is 8.78 Å². The molecule has 2 aliphatic heterocycles. The molecule has 6 rings (SSSR count). The van der Waals surface area contributed by atoms with E-state index in [1.807, 2.05) is 13.8 Å². The monoisotopic (exact) mass is 666 g/mol. The van der Waals surface area contributed by atoms with Crippen LogP contribution in [-0.4, -0.2) is 39.7 Å². The summed E-state index contributed by atoms with van der Waals surface area (Å²) in [7, 11) is 0. The summed E-state index contributed by atoms with van der Waals surface area (Å²) < 4.78 is 42.8. The zero-order valence-corrected chi connectivity index (χ0v) is 29.5. The molecular formula is C35H44F2N6O3S. The lowest BCUT2D eigenvalue weighted by Crippen LogP contribution is -2.27. The van der Waals surface area contributed by atoms with Crippen LogP contribution < -0.4 is 10.2 Å². The Morgan fingerprint density at radius 2 is 1.87 bits per heavy atom. The summed E-state index contributed by atoms with van der Waals surface area (Å²) in [5.74, 6) is 0.481. The molecule has 252 valence electrons. The van der Waals surface area contributed by atoms with Crippen LogP contribution in [0.2, 0.25) is 0 Å². The van der Waals surface area contributed by atoms with E-state index in [1.165, 1.54) is 0 Å². The SMILES string of the molecule is CC.CC(C)C.CCC1CCN(c2ncc3c4c(c(-c5ncc(F)c6sc(NC(=O)OC(C)(C)C)c(C#N)c56)c(F)c3n2)COC4)C1. The van der Waals surface area contributed by atoms with Crippen LogP contribution in [0.5, 0.6) is 0 Å². The Kier molecular flexibility index (Phi) is 11.4. The Balaban J connectivity index is 0.000000776. The quantitative estimate of drug-likeness (QED) is 0.229. The van der Waals surface area contributed by atoms with Gasteiger partial charge in [0, 0.05) is 35.6 Å². The first-order valence-corrected chi connectivity index (χ1v) is 17.0. The summed E-state index contributed by atoms with van der Waals surface area (Å²) in [5.41, 5.74) is 0.774. The van der Waals surface area contributed by atoms with Gasteiger partial charge in [-0.2, -0.15) is 5.26 Å². The van der Waals surface area contributed by atoms with Gasteiger partial charge < -0.3 is 14.4 Å². The number of rotatable bonds is 4. The Morgan fingerprint density at radius 1 is 1.19 bits per heavy atom. The summed E-state index contributed by atoms with van der Waals surface area (Å²) in [5, 5.41) is 13.4. The number of thiophene rings is 1. The van der Waals surface area contributed by atoms with Crippen molar-refractivity contribution < 1.29 is 23.0 Å². The topological polar surface area (TPSA) is 113 Å². The van der Waals surface area contributed by atoms with Crippen molar-refractivity contribution in [2.75, 3.05) is 23.3 Å². The number of pyridine rings is 1. The molecule has 2 aliphatic rings. The number of anilines is 2. The summed E-state index contributed by atoms with van der Waals surface area (Å²) >= 11 is 0.867. The van der Waals surface area contributed by atoms with Crippen molar-refractivity contribution in [2.45, 2.75) is 94.0 Å². The standard InChI is InChI=1S/C29H28F2N6O3S.C4H10.C2H6/c1-5-14-6-7-37(11-14)27-34-9-16-17-12-39-13-18(17)20(22(31)23(16)35-27)24-21-15(8-32)26(36-28(38)40-29(2,3)4)41-25(21)19(30)10-33-24;1-4(2)3;1-2/h9-10,14H,5-7,11-13H2,1-4H3,(H,36,38);4H,1-3H3;1-2H3. The van der Waals surface area contributed by atoms with Gasteiger partial charge in [-0.15, -0.1) is 11.3 Å². The summed E-state index contributed by atoms with van der Waals surface area (Å²) in [4.78, 5) is 28.1. The molecule has 0 bridgehead atoms. The Bertz CT molecular complexity index is 1810. The van der Waals surface area contributed by atoms with Crippen LogP contribution in [0.4, 0.5) is 24.5 Å². The molecule has 1 unspecified atom stereocenters. The molecule has 9 nitrogen and oxygen atoms in total. The van der Waals surface area contributed by atoms with E-state index in [0.717, 1.165) is 54.9 Å². The molecule has 47 heavy (non-hydrogen) atoms. The number of nitrogens with one attached hydrogen (secondary N) is 1. The van der Waals surface area contributed by atoms with Crippen LogP contribution in [0, 0.1) is 34.8 Å². The van der Waals surface area contributed by atoms with Gasteiger partial charge in [-0.3, -0.25) is 10.3 Å². The molecule has 12 heteroatoms. The fourth-order valence-electron chi connectivity index (χ4n) is 5.50. The van der Waals surface area contributed by atoms with Crippen molar-refractivity contribution in [3.8, 4) is 17.3 Å². The molecule has 0 saturated carbocycles. The second-order valence-electron chi connectivity index (χ2n) is 13.0. The highest BCUT2D eigenvalue weighted by Crippen LogP contribution is 2.46. The number of ether oxygens (including phenoxy) is 2. The number of nitriles is 1. The average molecular weight is 667 g/mol. The minimum atomic E-state index is -0.793. The maximum absolute atomic E-state index is 16.6. The third-order valence-corrected chi connectivity index (χ3v) is 8.58. The summed E-state index contributed by atoms with van der Waals surface area (Å²) in [6.07, 6.45) is 3.92. The zero-order valence-electron chi connectivity index (χ0n) is 28.7. The molecule has 3 aromatic heterocycles. The second kappa shape index (κ2) is 14.9. The zero-order chi connectivity index (χ0) is 34.6. The fourth-order valence-corrected chi connectivity index (χ4v) is 6.54. The number of aromatic nitrogens is 3. The normalized spacial score (nSPS) is 15.6. The Hall–Kier alpha value is -3.95. The van der Waals surface area contributed by atoms with E-state index in [9.17, 15) is 10.1 Å². The van der Waals surface area contributed by atoms with Crippen LogP contribution in [0.3, 0.4) is 0 Å². The largest absolute Gasteiger partial charge is 0.444 e. The average Bonchev–Trinajstić information content (AvgIpc) is 3.77. The first-order chi connectivity index (χ1) is 22.3. The highest BCUT2D eigenvalue weighted by Gasteiger charge is 2.32. The summed E-state index contributed by atoms with van der Waals surface area (Å²) in [6.45, 7) is 19.7. The van der Waals surface area contributed by atoms with Crippen molar-refractivity contribution in [1.29, 1.82) is 5.26 Å². The van der Waals surface area contributed by atoms with Gasteiger partial charge in [-0.1, -0.05) is 48.0 Å². The van der Waals surface area contributed by atoms with Crippen molar-refractivity contribution in [1.82, 2.24) is 15.0 Å². The first-order valence-electron chi connectivity index (χ1n) is 16.2. The summed E-state index contributed by atoms with van der Waals surface area (Å²) in [6, 6.07) is 2.05. The molecule has 5 heterocycles. The smallest absolute Gasteiger partial charge is 0.412 e. The molecule has 1 aromatic carbocycles. The van der Waals surface area contributed by atoms with Crippen molar-refractivity contribution in [3.05, 3.63) is 40.7 Å². The number of hydrogen-bond acceptors (Lipinski definition) is 9. The second-order valence-corrected chi connectivity index (χ2v) is 14.0. The minimum Gasteiger partial charge on any atom is -0.444 e. The highest BCUT2D eigenvalue weighted by molar-refractivity contribution is 7.23.